The summed E-state index contributed by atoms with van der Waals surface area (Å²) in [6, 6.07) is 0. The van der Waals surface area contributed by atoms with E-state index in [0.29, 0.717) is 0 Å². The summed E-state index contributed by atoms with van der Waals surface area (Å²) in [7, 11) is 1.11. The summed E-state index contributed by atoms with van der Waals surface area (Å²) in [5, 5.41) is 48.6. The number of carbonyl (C=O) groups excluding carboxylic acids is 1. The Morgan fingerprint density at radius 1 is 1.27 bits per heavy atom. The van der Waals surface area contributed by atoms with Gasteiger partial charge in [-0.05, 0) is 13.3 Å². The number of ether oxygens (including phenoxy) is 3. The van der Waals surface area contributed by atoms with E-state index in [1.165, 1.54) is 6.92 Å². The summed E-state index contributed by atoms with van der Waals surface area (Å²) in [5.74, 6) is -0.910. The van der Waals surface area contributed by atoms with Gasteiger partial charge in [-0.3, -0.25) is 0 Å². The quantitative estimate of drug-likeness (QED) is 0.335. The van der Waals surface area contributed by atoms with Crippen molar-refractivity contribution in [2.75, 3.05) is 13.7 Å². The third-order valence-corrected chi connectivity index (χ3v) is 3.94. The molecule has 0 radical (unpaired) electrons. The van der Waals surface area contributed by atoms with Gasteiger partial charge in [-0.25, -0.2) is 4.79 Å². The van der Waals surface area contributed by atoms with Crippen LogP contribution in [0.1, 0.15) is 20.3 Å². The Bertz CT molecular complexity index is 375. The minimum atomic E-state index is -1.96. The topological polar surface area (TPSA) is 146 Å². The highest BCUT2D eigenvalue weighted by molar-refractivity contribution is 5.79. The molecule has 7 atom stereocenters. The highest BCUT2D eigenvalue weighted by Gasteiger charge is 2.48. The fourth-order valence-corrected chi connectivity index (χ4v) is 2.27. The minimum Gasteiger partial charge on any atom is -0.467 e. The van der Waals surface area contributed by atoms with E-state index in [1.807, 2.05) is 0 Å². The molecular weight excluding hydrogens is 300 g/mol. The predicted molar refractivity (Wildman–Crippen MR) is 71.6 cm³/mol. The zero-order chi connectivity index (χ0) is 17.1. The average Bonchev–Trinajstić information content (AvgIpc) is 2.53. The van der Waals surface area contributed by atoms with Crippen molar-refractivity contribution in [3.63, 3.8) is 0 Å². The van der Waals surface area contributed by atoms with Crippen LogP contribution in [0.2, 0.25) is 0 Å². The molecule has 0 bridgehead atoms. The molecule has 0 aromatic carbocycles. The van der Waals surface area contributed by atoms with E-state index in [4.69, 9.17) is 14.6 Å². The Morgan fingerprint density at radius 3 is 2.32 bits per heavy atom. The monoisotopic (exact) mass is 324 g/mol. The third kappa shape index (κ3) is 3.57. The van der Waals surface area contributed by atoms with Crippen LogP contribution in [0.25, 0.3) is 0 Å². The van der Waals surface area contributed by atoms with Crippen LogP contribution in [0.3, 0.4) is 0 Å². The lowest BCUT2D eigenvalue weighted by Gasteiger charge is -2.42. The summed E-state index contributed by atoms with van der Waals surface area (Å²) in [5.41, 5.74) is -1.96. The molecule has 5 N–H and O–H groups in total. The molecule has 1 saturated heterocycles. The van der Waals surface area contributed by atoms with Crippen LogP contribution < -0.4 is 0 Å². The standard InChI is InChI=1S/C13H24O9/c1-4-13(19,12(18)20-3)6(2)21-11-10(17)9(16)8(15)7(5-14)22-11/h6-11,14-17,19H,4-5H2,1-3H3/t6-,7+,8+,9-,10+,11+,13-/m0/s1. The average molecular weight is 324 g/mol. The lowest BCUT2D eigenvalue weighted by molar-refractivity contribution is -0.320. The van der Waals surface area contributed by atoms with Crippen LogP contribution in [0.5, 0.6) is 0 Å². The molecule has 0 spiro atoms. The van der Waals surface area contributed by atoms with Crippen molar-refractivity contribution >= 4 is 5.97 Å². The molecule has 0 aromatic heterocycles. The van der Waals surface area contributed by atoms with Gasteiger partial charge >= 0.3 is 5.97 Å². The predicted octanol–water partition coefficient (Wildman–Crippen LogP) is -2.49. The Morgan fingerprint density at radius 2 is 1.86 bits per heavy atom. The van der Waals surface area contributed by atoms with Crippen molar-refractivity contribution in [2.45, 2.75) is 62.7 Å². The second-order valence-electron chi connectivity index (χ2n) is 5.24. The molecule has 0 aromatic rings. The maximum Gasteiger partial charge on any atom is 0.340 e. The van der Waals surface area contributed by atoms with E-state index >= 15 is 0 Å². The minimum absolute atomic E-state index is 0.0156. The smallest absolute Gasteiger partial charge is 0.340 e. The lowest BCUT2D eigenvalue weighted by Crippen LogP contribution is -2.61. The van der Waals surface area contributed by atoms with Crippen LogP contribution in [0.4, 0.5) is 0 Å². The first-order chi connectivity index (χ1) is 10.2. The van der Waals surface area contributed by atoms with Gasteiger partial charge in [0.15, 0.2) is 11.9 Å². The zero-order valence-corrected chi connectivity index (χ0v) is 12.7. The largest absolute Gasteiger partial charge is 0.467 e. The summed E-state index contributed by atoms with van der Waals surface area (Å²) < 4.78 is 15.0. The van der Waals surface area contributed by atoms with E-state index in [1.54, 1.807) is 6.92 Å². The van der Waals surface area contributed by atoms with E-state index in [2.05, 4.69) is 4.74 Å². The number of rotatable bonds is 6. The van der Waals surface area contributed by atoms with Crippen LogP contribution in [-0.4, -0.2) is 87.6 Å². The van der Waals surface area contributed by atoms with Crippen LogP contribution in [-0.2, 0) is 19.0 Å². The van der Waals surface area contributed by atoms with E-state index < -0.39 is 55.0 Å². The van der Waals surface area contributed by atoms with Crippen molar-refractivity contribution in [3.05, 3.63) is 0 Å². The van der Waals surface area contributed by atoms with Gasteiger partial charge < -0.3 is 39.7 Å². The summed E-state index contributed by atoms with van der Waals surface area (Å²) in [4.78, 5) is 11.7. The van der Waals surface area contributed by atoms with E-state index in [9.17, 15) is 25.2 Å². The highest BCUT2D eigenvalue weighted by atomic mass is 16.7. The van der Waals surface area contributed by atoms with E-state index in [0.717, 1.165) is 7.11 Å². The molecule has 1 aliphatic heterocycles. The first-order valence-electron chi connectivity index (χ1n) is 6.99. The van der Waals surface area contributed by atoms with Gasteiger partial charge in [0.2, 0.25) is 0 Å². The Kier molecular flexibility index (Phi) is 6.68. The van der Waals surface area contributed by atoms with Crippen molar-refractivity contribution in [1.29, 1.82) is 0 Å². The number of hydrogen-bond acceptors (Lipinski definition) is 9. The Labute approximate surface area is 128 Å². The molecule has 9 nitrogen and oxygen atoms in total. The van der Waals surface area contributed by atoms with Gasteiger partial charge in [-0.2, -0.15) is 0 Å². The van der Waals surface area contributed by atoms with Crippen LogP contribution in [0, 0.1) is 0 Å². The molecule has 0 unspecified atom stereocenters. The number of methoxy groups -OCH3 is 1. The molecule has 1 aliphatic rings. The molecule has 130 valence electrons. The maximum atomic E-state index is 11.7. The molecule has 22 heavy (non-hydrogen) atoms. The highest BCUT2D eigenvalue weighted by Crippen LogP contribution is 2.27. The van der Waals surface area contributed by atoms with Gasteiger partial charge in [0.1, 0.15) is 24.4 Å². The molecule has 1 heterocycles. The van der Waals surface area contributed by atoms with Crippen molar-refractivity contribution < 1.29 is 44.5 Å². The number of carbonyl (C=O) groups is 1. The second-order valence-corrected chi connectivity index (χ2v) is 5.24. The molecule has 0 aliphatic carbocycles. The number of aliphatic hydroxyl groups is 5. The summed E-state index contributed by atoms with van der Waals surface area (Å²) in [6.45, 7) is 2.32. The Balaban J connectivity index is 2.85. The third-order valence-electron chi connectivity index (χ3n) is 3.94. The second kappa shape index (κ2) is 7.64. The van der Waals surface area contributed by atoms with Crippen molar-refractivity contribution in [3.8, 4) is 0 Å². The van der Waals surface area contributed by atoms with Gasteiger partial charge in [-0.15, -0.1) is 0 Å². The number of hydrogen-bond donors (Lipinski definition) is 5. The molecule has 1 fully saturated rings. The zero-order valence-electron chi connectivity index (χ0n) is 12.7. The first kappa shape index (κ1) is 19.2. The van der Waals surface area contributed by atoms with Gasteiger partial charge in [0, 0.05) is 0 Å². The van der Waals surface area contributed by atoms with Crippen LogP contribution in [0.15, 0.2) is 0 Å². The maximum absolute atomic E-state index is 11.7. The SMILES string of the molecule is CC[C@@](O)(C(=O)OC)[C@H](C)O[C@@H]1O[C@H](CO)[C@@H](O)[C@H](O)[C@H]1O. The Hall–Kier alpha value is -0.810. The van der Waals surface area contributed by atoms with Crippen molar-refractivity contribution in [2.24, 2.45) is 0 Å². The lowest BCUT2D eigenvalue weighted by atomic mass is 9.94. The van der Waals surface area contributed by atoms with E-state index in [-0.39, 0.29) is 6.42 Å². The molecule has 0 amide bonds. The van der Waals surface area contributed by atoms with Crippen molar-refractivity contribution in [1.82, 2.24) is 0 Å². The summed E-state index contributed by atoms with van der Waals surface area (Å²) in [6.07, 6.45) is -8.45. The fourth-order valence-electron chi connectivity index (χ4n) is 2.27. The van der Waals surface area contributed by atoms with Gasteiger partial charge in [0.25, 0.3) is 0 Å². The van der Waals surface area contributed by atoms with Gasteiger partial charge in [-0.1, -0.05) is 6.92 Å². The molecule has 0 saturated carbocycles. The molecule has 9 heteroatoms. The normalized spacial score (nSPS) is 36.5. The van der Waals surface area contributed by atoms with Crippen LogP contribution >= 0.6 is 0 Å². The number of aliphatic hydroxyl groups excluding tert-OH is 4. The first-order valence-corrected chi connectivity index (χ1v) is 6.99. The molecule has 1 rings (SSSR count). The molecular formula is C13H24O9. The summed E-state index contributed by atoms with van der Waals surface area (Å²) >= 11 is 0. The fraction of sp³-hybridized carbons (Fsp3) is 0.923. The van der Waals surface area contributed by atoms with Gasteiger partial charge in [0.05, 0.1) is 19.8 Å². The number of esters is 1.